The molecular formula is C30H26ClNO5S. The highest BCUT2D eigenvalue weighted by molar-refractivity contribution is 7.92. The normalized spacial score (nSPS) is 14.9. The van der Waals surface area contributed by atoms with E-state index in [-0.39, 0.29) is 13.0 Å². The fourth-order valence-corrected chi connectivity index (χ4v) is 5.89. The minimum absolute atomic E-state index is 0.237. The van der Waals surface area contributed by atoms with Gasteiger partial charge in [0.25, 0.3) is 0 Å². The molecule has 4 aromatic carbocycles. The number of hydrogen-bond donors (Lipinski definition) is 1. The number of benzene rings is 4. The van der Waals surface area contributed by atoms with E-state index in [9.17, 15) is 14.5 Å². The molecule has 2 atom stereocenters. The number of para-hydroxylation sites is 1. The van der Waals surface area contributed by atoms with Gasteiger partial charge in [0.1, 0.15) is 12.4 Å². The van der Waals surface area contributed by atoms with Crippen molar-refractivity contribution in [2.45, 2.75) is 28.9 Å². The standard InChI is InChI=1S/C30H26ClNO5S/c31-23-12-15-29-26(19-23)32(25-8-4-5-9-28(25)38(29)35)16-17-36-24-13-10-21(11-14-24)18-27(30(33)34)37-20-22-6-2-1-3-7-22/h1-15,19,27H,16-18,20H2,(H,33,34). The average Bonchev–Trinajstić information content (AvgIpc) is 2.94. The first-order chi connectivity index (χ1) is 18.5. The fourth-order valence-electron chi connectivity index (χ4n) is 4.36. The lowest BCUT2D eigenvalue weighted by Crippen LogP contribution is -2.29. The number of halogens is 1. The number of fused-ring (bicyclic) bond motifs is 2. The summed E-state index contributed by atoms with van der Waals surface area (Å²) in [6.07, 6.45) is -0.694. The molecule has 2 unspecified atom stereocenters. The van der Waals surface area contributed by atoms with Crippen molar-refractivity contribution in [2.24, 2.45) is 0 Å². The number of nitrogens with zero attached hydrogens (tertiary/aromatic N) is 1. The molecule has 0 fully saturated rings. The number of rotatable bonds is 10. The van der Waals surface area contributed by atoms with E-state index in [1.165, 1.54) is 0 Å². The number of ether oxygens (including phenoxy) is 2. The lowest BCUT2D eigenvalue weighted by molar-refractivity contribution is -0.151. The van der Waals surface area contributed by atoms with Crippen molar-refractivity contribution in [2.75, 3.05) is 18.1 Å². The summed E-state index contributed by atoms with van der Waals surface area (Å²) in [6, 6.07) is 29.9. The molecule has 194 valence electrons. The van der Waals surface area contributed by atoms with Crippen LogP contribution in [0.2, 0.25) is 5.02 Å². The molecule has 0 radical (unpaired) electrons. The van der Waals surface area contributed by atoms with Crippen LogP contribution in [0.3, 0.4) is 0 Å². The van der Waals surface area contributed by atoms with Gasteiger partial charge in [0, 0.05) is 22.6 Å². The lowest BCUT2D eigenvalue weighted by Gasteiger charge is -2.32. The Morgan fingerprint density at radius 3 is 2.37 bits per heavy atom. The Balaban J connectivity index is 1.21. The van der Waals surface area contributed by atoms with Gasteiger partial charge in [0.15, 0.2) is 15.9 Å². The second kappa shape index (κ2) is 11.9. The Bertz CT molecular complexity index is 1400. The fraction of sp³-hybridized carbons (Fsp3) is 0.167. The topological polar surface area (TPSA) is 82.1 Å². The van der Waals surface area contributed by atoms with Crippen molar-refractivity contribution in [3.8, 4) is 5.75 Å². The van der Waals surface area contributed by atoms with Gasteiger partial charge in [0.2, 0.25) is 0 Å². The SMILES string of the molecule is O=C(O)C(Cc1ccc(OCCN2c3ccccc3[S+]([O-])c3ccc(Cl)cc32)cc1)OCc1ccccc1. The maximum Gasteiger partial charge on any atom is 0.333 e. The number of anilines is 2. The molecule has 38 heavy (non-hydrogen) atoms. The summed E-state index contributed by atoms with van der Waals surface area (Å²) in [6.45, 7) is 1.14. The highest BCUT2D eigenvalue weighted by Crippen LogP contribution is 2.44. The summed E-state index contributed by atoms with van der Waals surface area (Å²) >= 11 is 4.99. The van der Waals surface area contributed by atoms with Crippen LogP contribution in [0.5, 0.6) is 5.75 Å². The molecule has 0 amide bonds. The van der Waals surface area contributed by atoms with E-state index in [0.717, 1.165) is 32.3 Å². The van der Waals surface area contributed by atoms with Crippen LogP contribution >= 0.6 is 11.6 Å². The summed E-state index contributed by atoms with van der Waals surface area (Å²) in [4.78, 5) is 15.3. The number of carbonyl (C=O) groups is 1. The van der Waals surface area contributed by atoms with Crippen molar-refractivity contribution >= 4 is 40.1 Å². The van der Waals surface area contributed by atoms with Gasteiger partial charge in [-0.1, -0.05) is 66.2 Å². The van der Waals surface area contributed by atoms with Crippen molar-refractivity contribution in [1.82, 2.24) is 0 Å². The van der Waals surface area contributed by atoms with Gasteiger partial charge in [-0.05, 0) is 53.6 Å². The molecule has 1 aliphatic rings. The second-order valence-corrected chi connectivity index (χ2v) is 10.7. The molecule has 1 heterocycles. The van der Waals surface area contributed by atoms with Gasteiger partial charge in [0.05, 0.1) is 24.5 Å². The van der Waals surface area contributed by atoms with Crippen LogP contribution in [0.15, 0.2) is 107 Å². The van der Waals surface area contributed by atoms with Crippen molar-refractivity contribution in [3.63, 3.8) is 0 Å². The van der Waals surface area contributed by atoms with Gasteiger partial charge in [-0.2, -0.15) is 0 Å². The number of carboxylic acids is 1. The monoisotopic (exact) mass is 547 g/mol. The Kier molecular flexibility index (Phi) is 8.20. The molecular weight excluding hydrogens is 522 g/mol. The maximum absolute atomic E-state index is 13.1. The molecule has 4 aromatic rings. The van der Waals surface area contributed by atoms with Crippen LogP contribution in [0.1, 0.15) is 11.1 Å². The summed E-state index contributed by atoms with van der Waals surface area (Å²) in [5, 5.41) is 10.2. The van der Waals surface area contributed by atoms with Crippen molar-refractivity contribution in [3.05, 3.63) is 113 Å². The predicted molar refractivity (Wildman–Crippen MR) is 148 cm³/mol. The lowest BCUT2D eigenvalue weighted by atomic mass is 10.1. The highest BCUT2D eigenvalue weighted by Gasteiger charge is 2.33. The van der Waals surface area contributed by atoms with Crippen LogP contribution in [0, 0.1) is 0 Å². The molecule has 6 nitrogen and oxygen atoms in total. The van der Waals surface area contributed by atoms with Gasteiger partial charge in [-0.25, -0.2) is 4.79 Å². The zero-order valence-corrected chi connectivity index (χ0v) is 22.0. The van der Waals surface area contributed by atoms with Gasteiger partial charge in [-0.3, -0.25) is 0 Å². The molecule has 0 aliphatic carbocycles. The Morgan fingerprint density at radius 1 is 0.895 bits per heavy atom. The molecule has 0 spiro atoms. The van der Waals surface area contributed by atoms with Crippen molar-refractivity contribution in [1.29, 1.82) is 0 Å². The van der Waals surface area contributed by atoms with Crippen LogP contribution < -0.4 is 9.64 Å². The number of hydrogen-bond acceptors (Lipinski definition) is 5. The first-order valence-electron chi connectivity index (χ1n) is 12.2. The molecule has 0 bridgehead atoms. The van der Waals surface area contributed by atoms with E-state index >= 15 is 0 Å². The van der Waals surface area contributed by atoms with E-state index in [2.05, 4.69) is 4.90 Å². The van der Waals surface area contributed by atoms with Crippen molar-refractivity contribution < 1.29 is 23.9 Å². The quantitative estimate of drug-likeness (QED) is 0.236. The van der Waals surface area contributed by atoms with E-state index in [1.54, 1.807) is 6.07 Å². The third kappa shape index (κ3) is 5.97. The molecule has 5 rings (SSSR count). The van der Waals surface area contributed by atoms with Crippen LogP contribution in [0.4, 0.5) is 11.4 Å². The maximum atomic E-state index is 13.1. The Morgan fingerprint density at radius 2 is 1.61 bits per heavy atom. The zero-order valence-electron chi connectivity index (χ0n) is 20.5. The van der Waals surface area contributed by atoms with E-state index in [0.29, 0.717) is 23.9 Å². The third-order valence-electron chi connectivity index (χ3n) is 6.26. The summed E-state index contributed by atoms with van der Waals surface area (Å²) in [5.74, 6) is -0.324. The molecule has 0 saturated carbocycles. The first-order valence-corrected chi connectivity index (χ1v) is 13.7. The predicted octanol–water partition coefficient (Wildman–Crippen LogP) is 6.25. The van der Waals surface area contributed by atoms with E-state index in [1.807, 2.05) is 91.0 Å². The molecule has 1 N–H and O–H groups in total. The number of carboxylic acid groups (broad SMARTS) is 1. The number of aliphatic carboxylic acids is 1. The van der Waals surface area contributed by atoms with Crippen LogP contribution in [-0.4, -0.2) is 34.9 Å². The molecule has 1 aliphatic heterocycles. The zero-order chi connectivity index (χ0) is 26.5. The van der Waals surface area contributed by atoms with Gasteiger partial charge >= 0.3 is 5.97 Å². The highest BCUT2D eigenvalue weighted by atomic mass is 35.5. The Hall–Kier alpha value is -3.49. The largest absolute Gasteiger partial charge is 0.606 e. The summed E-state index contributed by atoms with van der Waals surface area (Å²) in [5.41, 5.74) is 3.45. The smallest absolute Gasteiger partial charge is 0.333 e. The third-order valence-corrected chi connectivity index (χ3v) is 7.99. The molecule has 8 heteroatoms. The Labute approximate surface area is 229 Å². The van der Waals surface area contributed by atoms with Gasteiger partial charge < -0.3 is 24.0 Å². The minimum Gasteiger partial charge on any atom is -0.606 e. The van der Waals surface area contributed by atoms with E-state index in [4.69, 9.17) is 21.1 Å². The van der Waals surface area contributed by atoms with Crippen LogP contribution in [0.25, 0.3) is 0 Å². The van der Waals surface area contributed by atoms with E-state index < -0.39 is 23.2 Å². The molecule has 0 saturated heterocycles. The second-order valence-electron chi connectivity index (χ2n) is 8.82. The first kappa shape index (κ1) is 26.1. The van der Waals surface area contributed by atoms with Gasteiger partial charge in [-0.15, -0.1) is 0 Å². The molecule has 0 aromatic heterocycles. The summed E-state index contributed by atoms with van der Waals surface area (Å²) in [7, 11) is 0. The van der Waals surface area contributed by atoms with Crippen LogP contribution in [-0.2, 0) is 33.7 Å². The average molecular weight is 548 g/mol. The minimum atomic E-state index is -1.28. The summed E-state index contributed by atoms with van der Waals surface area (Å²) < 4.78 is 24.8.